The first-order valence-corrected chi connectivity index (χ1v) is 9.98. The second-order valence-corrected chi connectivity index (χ2v) is 7.27. The minimum atomic E-state index is -0.568. The number of hydrogen-bond donors (Lipinski definition) is 0. The first kappa shape index (κ1) is 18.8. The van der Waals surface area contributed by atoms with Gasteiger partial charge in [-0.15, -0.1) is 0 Å². The highest BCUT2D eigenvalue weighted by molar-refractivity contribution is 6.04. The number of hydrogen-bond acceptors (Lipinski definition) is 4. The first-order valence-electron chi connectivity index (χ1n) is 9.98. The summed E-state index contributed by atoms with van der Waals surface area (Å²) in [5.41, 5.74) is 1.65. The summed E-state index contributed by atoms with van der Waals surface area (Å²) < 4.78 is 11.2. The molecule has 4 nitrogen and oxygen atoms in total. The summed E-state index contributed by atoms with van der Waals surface area (Å²) >= 11 is 0. The maximum absolute atomic E-state index is 13.2. The maximum Gasteiger partial charge on any atom is 0.344 e. The topological polar surface area (TPSA) is 56.5 Å². The fourth-order valence-electron chi connectivity index (χ4n) is 3.85. The third kappa shape index (κ3) is 3.60. The second-order valence-electron chi connectivity index (χ2n) is 7.27. The molecule has 1 aromatic heterocycles. The van der Waals surface area contributed by atoms with Gasteiger partial charge in [0, 0.05) is 11.5 Å². The van der Waals surface area contributed by atoms with Crippen molar-refractivity contribution < 1.29 is 13.9 Å². The molecule has 5 rings (SSSR count). The normalized spacial score (nSPS) is 11.1. The number of ether oxygens (including phenoxy) is 1. The highest BCUT2D eigenvalue weighted by Crippen LogP contribution is 2.30. The molecule has 4 heteroatoms. The van der Waals surface area contributed by atoms with E-state index in [0.29, 0.717) is 16.7 Å². The number of benzene rings is 4. The van der Waals surface area contributed by atoms with Crippen molar-refractivity contribution in [2.75, 3.05) is 0 Å². The molecule has 4 aromatic carbocycles. The van der Waals surface area contributed by atoms with Gasteiger partial charge >= 0.3 is 11.6 Å². The van der Waals surface area contributed by atoms with Gasteiger partial charge in [-0.2, -0.15) is 0 Å². The van der Waals surface area contributed by atoms with Crippen LogP contribution in [0.15, 0.2) is 112 Å². The molecule has 0 N–H and O–H groups in total. The Morgan fingerprint density at radius 1 is 0.677 bits per heavy atom. The molecule has 0 aliphatic heterocycles. The molecule has 150 valence electrons. The average Bonchev–Trinajstić information content (AvgIpc) is 2.81. The van der Waals surface area contributed by atoms with Gasteiger partial charge in [-0.25, -0.2) is 4.79 Å². The lowest BCUT2D eigenvalue weighted by Crippen LogP contribution is -2.20. The van der Waals surface area contributed by atoms with Crippen LogP contribution in [-0.4, -0.2) is 5.97 Å². The molecule has 0 radical (unpaired) electrons. The lowest BCUT2D eigenvalue weighted by atomic mass is 9.91. The predicted octanol–water partition coefficient (Wildman–Crippen LogP) is 5.68. The molecule has 0 saturated carbocycles. The van der Waals surface area contributed by atoms with Crippen LogP contribution in [-0.2, 0) is 4.79 Å². The van der Waals surface area contributed by atoms with E-state index < -0.39 is 17.5 Å². The van der Waals surface area contributed by atoms with Crippen LogP contribution in [0.1, 0.15) is 17.0 Å². The van der Waals surface area contributed by atoms with Gasteiger partial charge in [-0.1, -0.05) is 78.9 Å². The van der Waals surface area contributed by atoms with Gasteiger partial charge in [-0.05, 0) is 34.7 Å². The van der Waals surface area contributed by atoms with E-state index in [4.69, 9.17) is 9.15 Å². The lowest BCUT2D eigenvalue weighted by Gasteiger charge is -2.17. The average molecular weight is 406 g/mol. The van der Waals surface area contributed by atoms with E-state index in [1.807, 2.05) is 78.9 Å². The van der Waals surface area contributed by atoms with Crippen molar-refractivity contribution in [3.8, 4) is 5.75 Å². The van der Waals surface area contributed by atoms with E-state index in [1.54, 1.807) is 24.3 Å². The molecule has 0 amide bonds. The number of rotatable bonds is 4. The van der Waals surface area contributed by atoms with Gasteiger partial charge < -0.3 is 9.15 Å². The largest absolute Gasteiger partial charge is 0.426 e. The summed E-state index contributed by atoms with van der Waals surface area (Å²) in [5.74, 6) is -0.644. The fraction of sp³-hybridized carbons (Fsp3) is 0.0370. The molecule has 0 fully saturated rings. The molecule has 5 aromatic rings. The molecule has 0 saturated heterocycles. The molecule has 0 atom stereocenters. The zero-order chi connectivity index (χ0) is 21.2. The molecule has 0 unspecified atom stereocenters. The minimum absolute atomic E-state index is 0.327. The summed E-state index contributed by atoms with van der Waals surface area (Å²) in [4.78, 5) is 25.5. The van der Waals surface area contributed by atoms with E-state index >= 15 is 0 Å². The smallest absolute Gasteiger partial charge is 0.344 e. The Hall–Kier alpha value is -4.18. The number of esters is 1. The van der Waals surface area contributed by atoms with Crippen LogP contribution >= 0.6 is 0 Å². The Labute approximate surface area is 178 Å². The minimum Gasteiger partial charge on any atom is -0.426 e. The van der Waals surface area contributed by atoms with Crippen molar-refractivity contribution in [1.29, 1.82) is 0 Å². The van der Waals surface area contributed by atoms with Gasteiger partial charge in [0.15, 0.2) is 0 Å². The van der Waals surface area contributed by atoms with E-state index in [1.165, 1.54) is 0 Å². The molecular formula is C27H18O4. The Morgan fingerprint density at radius 2 is 1.26 bits per heavy atom. The van der Waals surface area contributed by atoms with Gasteiger partial charge in [0.25, 0.3) is 0 Å². The van der Waals surface area contributed by atoms with Crippen molar-refractivity contribution in [3.63, 3.8) is 0 Å². The number of carbonyl (C=O) groups excluding carboxylic acids is 1. The molecule has 1 heterocycles. The highest BCUT2D eigenvalue weighted by Gasteiger charge is 2.25. The summed E-state index contributed by atoms with van der Waals surface area (Å²) in [6, 6.07) is 31.4. The summed E-state index contributed by atoms with van der Waals surface area (Å²) in [7, 11) is 0. The van der Waals surface area contributed by atoms with Crippen LogP contribution in [0.4, 0.5) is 0 Å². The van der Waals surface area contributed by atoms with Crippen LogP contribution in [0.5, 0.6) is 5.75 Å². The summed E-state index contributed by atoms with van der Waals surface area (Å²) in [6.07, 6.45) is 0. The Balaban J connectivity index is 1.54. The second kappa shape index (κ2) is 7.92. The van der Waals surface area contributed by atoms with Gasteiger partial charge in [-0.3, -0.25) is 4.79 Å². The maximum atomic E-state index is 13.2. The van der Waals surface area contributed by atoms with Crippen LogP contribution < -0.4 is 10.4 Å². The highest BCUT2D eigenvalue weighted by atomic mass is 16.5. The Morgan fingerprint density at radius 3 is 1.90 bits per heavy atom. The summed E-state index contributed by atoms with van der Waals surface area (Å²) in [6.45, 7) is 0. The van der Waals surface area contributed by atoms with Crippen molar-refractivity contribution in [2.24, 2.45) is 0 Å². The predicted molar refractivity (Wildman–Crippen MR) is 120 cm³/mol. The molecule has 0 bridgehead atoms. The number of carbonyl (C=O) groups is 1. The lowest BCUT2D eigenvalue weighted by molar-refractivity contribution is -0.135. The molecule has 0 spiro atoms. The third-order valence-electron chi connectivity index (χ3n) is 5.31. The Bertz CT molecular complexity index is 1400. The van der Waals surface area contributed by atoms with E-state index in [-0.39, 0.29) is 0 Å². The van der Waals surface area contributed by atoms with Gasteiger partial charge in [0.05, 0.1) is 5.39 Å². The van der Waals surface area contributed by atoms with E-state index in [2.05, 4.69) is 0 Å². The van der Waals surface area contributed by atoms with Crippen LogP contribution in [0, 0.1) is 0 Å². The molecule has 0 aliphatic rings. The summed E-state index contributed by atoms with van der Waals surface area (Å²) in [5, 5.41) is 2.11. The van der Waals surface area contributed by atoms with Crippen LogP contribution in [0.3, 0.4) is 0 Å². The number of fused-ring (bicyclic) bond motifs is 3. The third-order valence-corrected chi connectivity index (χ3v) is 5.31. The molecule has 0 aliphatic carbocycles. The fourth-order valence-corrected chi connectivity index (χ4v) is 3.85. The zero-order valence-corrected chi connectivity index (χ0v) is 16.5. The first-order chi connectivity index (χ1) is 15.2. The van der Waals surface area contributed by atoms with Gasteiger partial charge in [0.2, 0.25) is 0 Å². The van der Waals surface area contributed by atoms with E-state index in [9.17, 15) is 9.59 Å². The molecule has 31 heavy (non-hydrogen) atoms. The van der Waals surface area contributed by atoms with Crippen molar-refractivity contribution in [1.82, 2.24) is 0 Å². The quantitative estimate of drug-likeness (QED) is 0.167. The van der Waals surface area contributed by atoms with E-state index in [0.717, 1.165) is 21.9 Å². The standard InChI is InChI=1S/C27H18O4/c28-26-23-14-8-7-13-21(23)22-16-15-20(17-24(22)31-26)30-27(29)25(18-9-3-1-4-10-18)19-11-5-2-6-12-19/h1-17,25H. The van der Waals surface area contributed by atoms with Crippen molar-refractivity contribution in [2.45, 2.75) is 5.92 Å². The monoisotopic (exact) mass is 406 g/mol. The van der Waals surface area contributed by atoms with Crippen molar-refractivity contribution in [3.05, 3.63) is 125 Å². The van der Waals surface area contributed by atoms with Crippen LogP contribution in [0.2, 0.25) is 0 Å². The molecular weight excluding hydrogens is 388 g/mol. The van der Waals surface area contributed by atoms with Gasteiger partial charge in [0.1, 0.15) is 17.3 Å². The van der Waals surface area contributed by atoms with Crippen LogP contribution in [0.25, 0.3) is 21.7 Å². The SMILES string of the molecule is O=C(Oc1ccc2c(c1)oc(=O)c1ccccc12)C(c1ccccc1)c1ccccc1. The van der Waals surface area contributed by atoms with Crippen molar-refractivity contribution >= 4 is 27.7 Å². The Kier molecular flexibility index (Phi) is 4.81. The zero-order valence-electron chi connectivity index (χ0n) is 16.5.